The van der Waals surface area contributed by atoms with Crippen LogP contribution in [0.5, 0.6) is 5.75 Å². The van der Waals surface area contributed by atoms with Crippen molar-refractivity contribution in [3.8, 4) is 5.75 Å². The molecule has 0 atom stereocenters. The third-order valence-electron chi connectivity index (χ3n) is 4.51. The van der Waals surface area contributed by atoms with Crippen LogP contribution in [-0.4, -0.2) is 49.1 Å². The molecule has 0 radical (unpaired) electrons. The van der Waals surface area contributed by atoms with Crippen LogP contribution < -0.4 is 9.64 Å². The molecule has 2 heterocycles. The molecule has 26 heavy (non-hydrogen) atoms. The van der Waals surface area contributed by atoms with Crippen LogP contribution in [-0.2, 0) is 0 Å². The number of hydrogen-bond acceptors (Lipinski definition) is 5. The number of methoxy groups -OCH3 is 1. The Morgan fingerprint density at radius 2 is 1.92 bits per heavy atom. The standard InChI is InChI=1S/C19H18FN3O2S/c1-25-16-5-3-2-4-14(16)18(24)22-8-10-23(11-9-22)19-21-15-7-6-13(20)12-17(15)26-19/h2-7,12H,8-11H2,1H3. The van der Waals surface area contributed by atoms with E-state index in [0.717, 1.165) is 15.3 Å². The van der Waals surface area contributed by atoms with Gasteiger partial charge in [0.2, 0.25) is 0 Å². The zero-order chi connectivity index (χ0) is 18.1. The molecule has 0 aliphatic carbocycles. The summed E-state index contributed by atoms with van der Waals surface area (Å²) in [4.78, 5) is 21.3. The number of nitrogens with zero attached hydrogens (tertiary/aromatic N) is 3. The van der Waals surface area contributed by atoms with E-state index in [1.54, 1.807) is 25.3 Å². The first-order chi connectivity index (χ1) is 12.7. The van der Waals surface area contributed by atoms with Gasteiger partial charge in [0.1, 0.15) is 11.6 Å². The van der Waals surface area contributed by atoms with Gasteiger partial charge in [-0.05, 0) is 30.3 Å². The average molecular weight is 371 g/mol. The number of ether oxygens (including phenoxy) is 1. The Hall–Kier alpha value is -2.67. The van der Waals surface area contributed by atoms with Gasteiger partial charge in [0, 0.05) is 26.2 Å². The van der Waals surface area contributed by atoms with Gasteiger partial charge in [0.15, 0.2) is 5.13 Å². The van der Waals surface area contributed by atoms with Crippen molar-refractivity contribution in [2.24, 2.45) is 0 Å². The van der Waals surface area contributed by atoms with Crippen LogP contribution in [0.15, 0.2) is 42.5 Å². The van der Waals surface area contributed by atoms with E-state index in [1.807, 2.05) is 17.0 Å². The molecule has 0 N–H and O–H groups in total. The molecule has 0 saturated carbocycles. The van der Waals surface area contributed by atoms with Crippen LogP contribution in [0.25, 0.3) is 10.2 Å². The van der Waals surface area contributed by atoms with Crippen LogP contribution in [0.1, 0.15) is 10.4 Å². The minimum absolute atomic E-state index is 0.0199. The maximum atomic E-state index is 13.4. The van der Waals surface area contributed by atoms with Crippen LogP contribution in [0, 0.1) is 5.82 Å². The van der Waals surface area contributed by atoms with Gasteiger partial charge < -0.3 is 14.5 Å². The minimum Gasteiger partial charge on any atom is -0.496 e. The first-order valence-electron chi connectivity index (χ1n) is 8.39. The van der Waals surface area contributed by atoms with Crippen molar-refractivity contribution in [1.29, 1.82) is 0 Å². The second kappa shape index (κ2) is 6.92. The third-order valence-corrected chi connectivity index (χ3v) is 5.59. The lowest BCUT2D eigenvalue weighted by atomic mass is 10.1. The van der Waals surface area contributed by atoms with E-state index in [-0.39, 0.29) is 11.7 Å². The maximum Gasteiger partial charge on any atom is 0.257 e. The molecule has 0 unspecified atom stereocenters. The Morgan fingerprint density at radius 1 is 1.15 bits per heavy atom. The molecule has 2 aromatic carbocycles. The molecular formula is C19H18FN3O2S. The van der Waals surface area contributed by atoms with Crippen LogP contribution in [0.3, 0.4) is 0 Å². The summed E-state index contributed by atoms with van der Waals surface area (Å²) < 4.78 is 19.5. The zero-order valence-electron chi connectivity index (χ0n) is 14.3. The van der Waals surface area contributed by atoms with Crippen molar-refractivity contribution in [1.82, 2.24) is 9.88 Å². The minimum atomic E-state index is -0.250. The first kappa shape index (κ1) is 16.8. The predicted octanol–water partition coefficient (Wildman–Crippen LogP) is 3.41. The lowest BCUT2D eigenvalue weighted by molar-refractivity contribution is 0.0743. The molecule has 1 aliphatic rings. The summed E-state index contributed by atoms with van der Waals surface area (Å²) in [6.07, 6.45) is 0. The molecule has 1 saturated heterocycles. The Bertz CT molecular complexity index is 951. The molecule has 1 aliphatic heterocycles. The fourth-order valence-electron chi connectivity index (χ4n) is 3.11. The summed E-state index contributed by atoms with van der Waals surface area (Å²) >= 11 is 1.48. The third kappa shape index (κ3) is 3.10. The highest BCUT2D eigenvalue weighted by Gasteiger charge is 2.25. The highest BCUT2D eigenvalue weighted by Crippen LogP contribution is 2.30. The number of rotatable bonds is 3. The van der Waals surface area contributed by atoms with Crippen molar-refractivity contribution in [3.63, 3.8) is 0 Å². The molecule has 0 spiro atoms. The summed E-state index contributed by atoms with van der Waals surface area (Å²) in [6.45, 7) is 2.62. The summed E-state index contributed by atoms with van der Waals surface area (Å²) in [5, 5.41) is 0.870. The normalized spacial score (nSPS) is 14.7. The monoisotopic (exact) mass is 371 g/mol. The molecule has 3 aromatic rings. The topological polar surface area (TPSA) is 45.7 Å². The van der Waals surface area contributed by atoms with E-state index >= 15 is 0 Å². The Morgan fingerprint density at radius 3 is 2.69 bits per heavy atom. The summed E-state index contributed by atoms with van der Waals surface area (Å²) in [5.41, 5.74) is 1.39. The summed E-state index contributed by atoms with van der Waals surface area (Å²) in [7, 11) is 1.57. The lowest BCUT2D eigenvalue weighted by Crippen LogP contribution is -2.48. The molecule has 134 valence electrons. The number of aromatic nitrogens is 1. The van der Waals surface area contributed by atoms with E-state index in [4.69, 9.17) is 4.74 Å². The van der Waals surface area contributed by atoms with E-state index in [2.05, 4.69) is 9.88 Å². The van der Waals surface area contributed by atoms with Crippen molar-refractivity contribution >= 4 is 32.6 Å². The maximum absolute atomic E-state index is 13.4. The number of para-hydroxylation sites is 1. The lowest BCUT2D eigenvalue weighted by Gasteiger charge is -2.34. The van der Waals surface area contributed by atoms with Gasteiger partial charge in [0.25, 0.3) is 5.91 Å². The second-order valence-corrected chi connectivity index (χ2v) is 7.10. The Kier molecular flexibility index (Phi) is 4.46. The second-order valence-electron chi connectivity index (χ2n) is 6.09. The van der Waals surface area contributed by atoms with Gasteiger partial charge in [-0.25, -0.2) is 9.37 Å². The molecule has 4 rings (SSSR count). The number of amides is 1. The predicted molar refractivity (Wildman–Crippen MR) is 101 cm³/mol. The summed E-state index contributed by atoms with van der Waals surface area (Å²) in [6, 6.07) is 11.9. The van der Waals surface area contributed by atoms with Crippen molar-refractivity contribution < 1.29 is 13.9 Å². The van der Waals surface area contributed by atoms with Crippen LogP contribution >= 0.6 is 11.3 Å². The van der Waals surface area contributed by atoms with E-state index in [1.165, 1.54) is 23.5 Å². The molecule has 5 nitrogen and oxygen atoms in total. The van der Waals surface area contributed by atoms with Gasteiger partial charge in [-0.1, -0.05) is 23.5 Å². The van der Waals surface area contributed by atoms with Crippen molar-refractivity contribution in [3.05, 3.63) is 53.8 Å². The smallest absolute Gasteiger partial charge is 0.257 e. The van der Waals surface area contributed by atoms with Gasteiger partial charge in [0.05, 0.1) is 22.9 Å². The van der Waals surface area contributed by atoms with Gasteiger partial charge in [-0.2, -0.15) is 0 Å². The number of fused-ring (bicyclic) bond motifs is 1. The number of carbonyl (C=O) groups is 1. The Balaban J connectivity index is 1.47. The van der Waals surface area contributed by atoms with Gasteiger partial charge >= 0.3 is 0 Å². The number of halogens is 1. The fourth-order valence-corrected chi connectivity index (χ4v) is 4.16. The zero-order valence-corrected chi connectivity index (χ0v) is 15.1. The van der Waals surface area contributed by atoms with Crippen LogP contribution in [0.2, 0.25) is 0 Å². The van der Waals surface area contributed by atoms with E-state index < -0.39 is 0 Å². The number of thiazole rings is 1. The summed E-state index contributed by atoms with van der Waals surface area (Å²) in [5.74, 6) is 0.321. The highest BCUT2D eigenvalue weighted by atomic mass is 32.1. The SMILES string of the molecule is COc1ccccc1C(=O)N1CCN(c2nc3ccc(F)cc3s2)CC1. The number of carbonyl (C=O) groups excluding carboxylic acids is 1. The average Bonchev–Trinajstić information content (AvgIpc) is 3.10. The number of anilines is 1. The molecule has 0 bridgehead atoms. The van der Waals surface area contributed by atoms with Crippen molar-refractivity contribution in [2.45, 2.75) is 0 Å². The van der Waals surface area contributed by atoms with Crippen molar-refractivity contribution in [2.75, 3.05) is 38.2 Å². The van der Waals surface area contributed by atoms with Crippen LogP contribution in [0.4, 0.5) is 9.52 Å². The fraction of sp³-hybridized carbons (Fsp3) is 0.263. The highest BCUT2D eigenvalue weighted by molar-refractivity contribution is 7.22. The molecule has 1 amide bonds. The largest absolute Gasteiger partial charge is 0.496 e. The first-order valence-corrected chi connectivity index (χ1v) is 9.20. The number of piperazine rings is 1. The molecule has 7 heteroatoms. The van der Waals surface area contributed by atoms with Gasteiger partial charge in [-0.15, -0.1) is 0 Å². The van der Waals surface area contributed by atoms with E-state index in [0.29, 0.717) is 37.5 Å². The number of hydrogen-bond donors (Lipinski definition) is 0. The molecule has 1 fully saturated rings. The molecule has 1 aromatic heterocycles. The van der Waals surface area contributed by atoms with E-state index in [9.17, 15) is 9.18 Å². The Labute approximate surface area is 154 Å². The molecular weight excluding hydrogens is 353 g/mol. The number of benzene rings is 2. The quantitative estimate of drug-likeness (QED) is 0.708. The van der Waals surface area contributed by atoms with Gasteiger partial charge in [-0.3, -0.25) is 4.79 Å².